The van der Waals surface area contributed by atoms with E-state index in [9.17, 15) is 17.9 Å². The molecule has 0 bridgehead atoms. The number of phenolic OH excluding ortho intramolecular Hbond substituents is 1. The maximum Gasteiger partial charge on any atom is 0.246 e. The van der Waals surface area contributed by atoms with Crippen molar-refractivity contribution in [3.63, 3.8) is 0 Å². The number of phenols is 1. The molecule has 1 saturated heterocycles. The SMILES string of the molecule is Cc1cc(O)c(CN2CCN(S(=O)(=O)c3ccccc3F)CC2)cc1C. The van der Waals surface area contributed by atoms with E-state index in [1.165, 1.54) is 22.5 Å². The van der Waals surface area contributed by atoms with E-state index in [4.69, 9.17) is 0 Å². The lowest BCUT2D eigenvalue weighted by molar-refractivity contribution is 0.180. The van der Waals surface area contributed by atoms with E-state index in [1.54, 1.807) is 6.07 Å². The lowest BCUT2D eigenvalue weighted by atomic mass is 10.0. The number of aryl methyl sites for hydroxylation is 2. The molecule has 0 atom stereocenters. The van der Waals surface area contributed by atoms with Gasteiger partial charge < -0.3 is 5.11 Å². The maximum absolute atomic E-state index is 13.9. The number of piperazine rings is 1. The molecule has 1 aliphatic heterocycles. The summed E-state index contributed by atoms with van der Waals surface area (Å²) in [5.41, 5.74) is 2.98. The molecule has 0 unspecified atom stereocenters. The number of halogens is 1. The van der Waals surface area contributed by atoms with Crippen LogP contribution in [0.25, 0.3) is 0 Å². The molecular weight excluding hydrogens is 355 g/mol. The third-order valence-electron chi connectivity index (χ3n) is 4.87. The summed E-state index contributed by atoms with van der Waals surface area (Å²) in [6, 6.07) is 9.17. The van der Waals surface area contributed by atoms with Crippen LogP contribution in [0.2, 0.25) is 0 Å². The number of aromatic hydroxyl groups is 1. The molecule has 1 aliphatic rings. The van der Waals surface area contributed by atoms with Gasteiger partial charge in [0.05, 0.1) is 0 Å². The van der Waals surface area contributed by atoms with Crippen LogP contribution in [-0.2, 0) is 16.6 Å². The summed E-state index contributed by atoms with van der Waals surface area (Å²) in [7, 11) is -3.83. The van der Waals surface area contributed by atoms with Crippen molar-refractivity contribution in [3.8, 4) is 5.75 Å². The highest BCUT2D eigenvalue weighted by Crippen LogP contribution is 2.25. The van der Waals surface area contributed by atoms with E-state index in [-0.39, 0.29) is 10.6 Å². The predicted molar refractivity (Wildman–Crippen MR) is 98.0 cm³/mol. The zero-order valence-electron chi connectivity index (χ0n) is 14.9. The topological polar surface area (TPSA) is 60.9 Å². The van der Waals surface area contributed by atoms with Crippen LogP contribution in [0.3, 0.4) is 0 Å². The van der Waals surface area contributed by atoms with Crippen LogP contribution < -0.4 is 0 Å². The van der Waals surface area contributed by atoms with Crippen molar-refractivity contribution in [1.82, 2.24) is 9.21 Å². The summed E-state index contributed by atoms with van der Waals surface area (Å²) in [5.74, 6) is -0.468. The average Bonchev–Trinajstić information content (AvgIpc) is 2.60. The van der Waals surface area contributed by atoms with Gasteiger partial charge in [0, 0.05) is 38.3 Å². The molecule has 1 heterocycles. The Morgan fingerprint density at radius 2 is 1.65 bits per heavy atom. The second-order valence-corrected chi connectivity index (χ2v) is 8.58. The van der Waals surface area contributed by atoms with E-state index in [2.05, 4.69) is 4.90 Å². The highest BCUT2D eigenvalue weighted by Gasteiger charge is 2.30. The molecule has 0 saturated carbocycles. The number of rotatable bonds is 4. The van der Waals surface area contributed by atoms with Crippen LogP contribution in [0.15, 0.2) is 41.3 Å². The van der Waals surface area contributed by atoms with Gasteiger partial charge in [-0.25, -0.2) is 12.8 Å². The largest absolute Gasteiger partial charge is 0.508 e. The van der Waals surface area contributed by atoms with Crippen LogP contribution in [0, 0.1) is 19.7 Å². The Morgan fingerprint density at radius 1 is 1.04 bits per heavy atom. The first-order chi connectivity index (χ1) is 12.3. The van der Waals surface area contributed by atoms with Crippen LogP contribution in [-0.4, -0.2) is 48.9 Å². The maximum atomic E-state index is 13.9. The minimum absolute atomic E-state index is 0.259. The molecule has 140 valence electrons. The van der Waals surface area contributed by atoms with Gasteiger partial charge >= 0.3 is 0 Å². The third-order valence-corrected chi connectivity index (χ3v) is 6.81. The molecule has 2 aromatic carbocycles. The van der Waals surface area contributed by atoms with Crippen molar-refractivity contribution < 1.29 is 17.9 Å². The quantitative estimate of drug-likeness (QED) is 0.889. The van der Waals surface area contributed by atoms with Gasteiger partial charge in [0.25, 0.3) is 0 Å². The number of nitrogens with zero attached hydrogens (tertiary/aromatic N) is 2. The number of hydrogen-bond donors (Lipinski definition) is 1. The van der Waals surface area contributed by atoms with Crippen LogP contribution >= 0.6 is 0 Å². The Kier molecular flexibility index (Phi) is 5.32. The molecule has 7 heteroatoms. The van der Waals surface area contributed by atoms with Crippen molar-refractivity contribution in [2.24, 2.45) is 0 Å². The first kappa shape index (κ1) is 18.8. The normalized spacial score (nSPS) is 16.7. The van der Waals surface area contributed by atoms with Gasteiger partial charge in [0.2, 0.25) is 10.0 Å². The summed E-state index contributed by atoms with van der Waals surface area (Å²) < 4.78 is 40.5. The molecule has 1 N–H and O–H groups in total. The molecule has 0 amide bonds. The highest BCUT2D eigenvalue weighted by atomic mass is 32.2. The van der Waals surface area contributed by atoms with E-state index in [1.807, 2.05) is 19.9 Å². The van der Waals surface area contributed by atoms with Gasteiger partial charge in [-0.05, 0) is 43.2 Å². The highest BCUT2D eigenvalue weighted by molar-refractivity contribution is 7.89. The average molecular weight is 378 g/mol. The molecule has 26 heavy (non-hydrogen) atoms. The number of hydrogen-bond acceptors (Lipinski definition) is 4. The smallest absolute Gasteiger partial charge is 0.246 e. The predicted octanol–water partition coefficient (Wildman–Crippen LogP) is 2.65. The van der Waals surface area contributed by atoms with Crippen molar-refractivity contribution in [2.45, 2.75) is 25.3 Å². The van der Waals surface area contributed by atoms with E-state index in [0.717, 1.165) is 22.8 Å². The molecule has 0 spiro atoms. The van der Waals surface area contributed by atoms with Crippen molar-refractivity contribution in [1.29, 1.82) is 0 Å². The molecule has 5 nitrogen and oxygen atoms in total. The second kappa shape index (κ2) is 7.34. The van der Waals surface area contributed by atoms with E-state index in [0.29, 0.717) is 32.7 Å². The number of benzene rings is 2. The molecule has 1 fully saturated rings. The minimum atomic E-state index is -3.83. The molecular formula is C19H23FN2O3S. The summed E-state index contributed by atoms with van der Waals surface area (Å²) in [5, 5.41) is 10.1. The molecule has 0 aromatic heterocycles. The second-order valence-electron chi connectivity index (χ2n) is 6.68. The van der Waals surface area contributed by atoms with Gasteiger partial charge in [-0.2, -0.15) is 4.31 Å². The monoisotopic (exact) mass is 378 g/mol. The van der Waals surface area contributed by atoms with Crippen LogP contribution in [0.4, 0.5) is 4.39 Å². The van der Waals surface area contributed by atoms with Crippen molar-refractivity contribution in [2.75, 3.05) is 26.2 Å². The van der Waals surface area contributed by atoms with E-state index >= 15 is 0 Å². The van der Waals surface area contributed by atoms with Crippen molar-refractivity contribution in [3.05, 3.63) is 58.9 Å². The van der Waals surface area contributed by atoms with Gasteiger partial charge in [0.15, 0.2) is 0 Å². The van der Waals surface area contributed by atoms with Crippen molar-refractivity contribution >= 4 is 10.0 Å². The summed E-state index contributed by atoms with van der Waals surface area (Å²) >= 11 is 0. The molecule has 0 aliphatic carbocycles. The fourth-order valence-electron chi connectivity index (χ4n) is 3.15. The molecule has 3 rings (SSSR count). The zero-order chi connectivity index (χ0) is 18.9. The van der Waals surface area contributed by atoms with E-state index < -0.39 is 15.8 Å². The summed E-state index contributed by atoms with van der Waals surface area (Å²) in [6.45, 7) is 6.15. The molecule has 0 radical (unpaired) electrons. The standard InChI is InChI=1S/C19H23FN2O3S/c1-14-11-16(18(23)12-15(14)2)13-21-7-9-22(10-8-21)26(24,25)19-6-4-3-5-17(19)20/h3-6,11-12,23H,7-10,13H2,1-2H3. The fourth-order valence-corrected chi connectivity index (χ4v) is 4.64. The molecule has 2 aromatic rings. The van der Waals surface area contributed by atoms with Gasteiger partial charge in [-0.1, -0.05) is 18.2 Å². The van der Waals surface area contributed by atoms with Crippen LogP contribution in [0.5, 0.6) is 5.75 Å². The van der Waals surface area contributed by atoms with Gasteiger partial charge in [0.1, 0.15) is 16.5 Å². The zero-order valence-corrected chi connectivity index (χ0v) is 15.8. The lowest BCUT2D eigenvalue weighted by Gasteiger charge is -2.34. The first-order valence-electron chi connectivity index (χ1n) is 8.55. The summed E-state index contributed by atoms with van der Waals surface area (Å²) in [4.78, 5) is 1.82. The Bertz CT molecular complexity index is 907. The Morgan fingerprint density at radius 3 is 2.31 bits per heavy atom. The Labute approximate surface area is 153 Å². The third kappa shape index (κ3) is 3.75. The Balaban J connectivity index is 1.68. The van der Waals surface area contributed by atoms with Crippen LogP contribution in [0.1, 0.15) is 16.7 Å². The lowest BCUT2D eigenvalue weighted by Crippen LogP contribution is -2.48. The fraction of sp³-hybridized carbons (Fsp3) is 0.368. The first-order valence-corrected chi connectivity index (χ1v) is 9.99. The summed E-state index contributed by atoms with van der Waals surface area (Å²) in [6.07, 6.45) is 0. The van der Waals surface area contributed by atoms with Gasteiger partial charge in [-0.15, -0.1) is 0 Å². The van der Waals surface area contributed by atoms with Gasteiger partial charge in [-0.3, -0.25) is 4.90 Å². The minimum Gasteiger partial charge on any atom is -0.508 e. The number of sulfonamides is 1. The Hall–Kier alpha value is -1.96.